The highest BCUT2D eigenvalue weighted by molar-refractivity contribution is 5.53. The number of hydrogen-bond donors (Lipinski definition) is 1. The van der Waals surface area contributed by atoms with Crippen LogP contribution in [0.15, 0.2) is 4.99 Å². The van der Waals surface area contributed by atoms with Gasteiger partial charge in [-0.25, -0.2) is 5.01 Å². The summed E-state index contributed by atoms with van der Waals surface area (Å²) in [7, 11) is 1.75. The largest absolute Gasteiger partial charge is 0.309 e. The van der Waals surface area contributed by atoms with Crippen molar-refractivity contribution in [1.29, 1.82) is 0 Å². The fourth-order valence-corrected chi connectivity index (χ4v) is 0.549. The zero-order valence-electron chi connectivity index (χ0n) is 5.26. The summed E-state index contributed by atoms with van der Waals surface area (Å²) in [5.41, 5.74) is 3.00. The summed E-state index contributed by atoms with van der Waals surface area (Å²) < 4.78 is 0. The fourth-order valence-electron chi connectivity index (χ4n) is 0.549. The van der Waals surface area contributed by atoms with Crippen molar-refractivity contribution in [3.63, 3.8) is 0 Å². The number of nitrogens with zero attached hydrogens (tertiary/aromatic N) is 2. The van der Waals surface area contributed by atoms with Crippen LogP contribution in [0.3, 0.4) is 0 Å². The topological polar surface area (TPSA) is 27.4 Å². The Balaban J connectivity index is 2.05. The molecule has 0 radical (unpaired) electrons. The van der Waals surface area contributed by atoms with Gasteiger partial charge in [-0.3, -0.25) is 4.99 Å². The summed E-state index contributed by atoms with van der Waals surface area (Å²) in [6.07, 6.45) is 1.70. The standard InChI is InChI=1S/C5H11N3/c1-5-3-8(5)7-4-6-2/h4-5H,3H2,1-2H3,(H,6,7). The van der Waals surface area contributed by atoms with Crippen LogP contribution in [0, 0.1) is 0 Å². The average molecular weight is 113 g/mol. The highest BCUT2D eigenvalue weighted by Crippen LogP contribution is 2.09. The number of aliphatic imine (C=N–C) groups is 1. The third-order valence-electron chi connectivity index (χ3n) is 1.21. The van der Waals surface area contributed by atoms with E-state index >= 15 is 0 Å². The van der Waals surface area contributed by atoms with Gasteiger partial charge in [-0.1, -0.05) is 0 Å². The molecule has 2 unspecified atom stereocenters. The van der Waals surface area contributed by atoms with Gasteiger partial charge in [0.1, 0.15) is 0 Å². The Kier molecular flexibility index (Phi) is 1.48. The maximum atomic E-state index is 3.77. The molecule has 0 aliphatic carbocycles. The van der Waals surface area contributed by atoms with E-state index in [-0.39, 0.29) is 0 Å². The number of hydrazine groups is 1. The van der Waals surface area contributed by atoms with Crippen LogP contribution in [0.4, 0.5) is 0 Å². The minimum absolute atomic E-state index is 0.702. The molecule has 2 atom stereocenters. The molecule has 46 valence electrons. The molecule has 3 heteroatoms. The molecule has 0 amide bonds. The number of nitrogens with one attached hydrogen (secondary N) is 1. The van der Waals surface area contributed by atoms with E-state index in [9.17, 15) is 0 Å². The van der Waals surface area contributed by atoms with Gasteiger partial charge in [0, 0.05) is 19.6 Å². The van der Waals surface area contributed by atoms with Crippen LogP contribution < -0.4 is 5.43 Å². The SMILES string of the molecule is CN=CNN1CC1C. The molecule has 1 N–H and O–H groups in total. The van der Waals surface area contributed by atoms with Gasteiger partial charge >= 0.3 is 0 Å². The van der Waals surface area contributed by atoms with Crippen molar-refractivity contribution in [1.82, 2.24) is 10.4 Å². The molecular formula is C5H11N3. The summed E-state index contributed by atoms with van der Waals surface area (Å²) >= 11 is 0. The summed E-state index contributed by atoms with van der Waals surface area (Å²) in [6, 6.07) is 0.702. The lowest BCUT2D eigenvalue weighted by molar-refractivity contribution is 0.477. The van der Waals surface area contributed by atoms with Crippen LogP contribution in [0.2, 0.25) is 0 Å². The molecule has 0 aromatic rings. The van der Waals surface area contributed by atoms with Crippen molar-refractivity contribution in [2.45, 2.75) is 13.0 Å². The van der Waals surface area contributed by atoms with Gasteiger partial charge in [0.2, 0.25) is 0 Å². The number of rotatable bonds is 2. The molecule has 8 heavy (non-hydrogen) atoms. The van der Waals surface area contributed by atoms with Crippen molar-refractivity contribution < 1.29 is 0 Å². The van der Waals surface area contributed by atoms with Gasteiger partial charge in [0.05, 0.1) is 6.34 Å². The van der Waals surface area contributed by atoms with E-state index in [1.54, 1.807) is 13.4 Å². The number of hydrogen-bond acceptors (Lipinski definition) is 2. The van der Waals surface area contributed by atoms with E-state index in [0.29, 0.717) is 6.04 Å². The molecule has 0 aromatic heterocycles. The van der Waals surface area contributed by atoms with Crippen LogP contribution in [-0.2, 0) is 0 Å². The Bertz CT molecular complexity index is 99.8. The van der Waals surface area contributed by atoms with Gasteiger partial charge in [-0.15, -0.1) is 0 Å². The smallest absolute Gasteiger partial charge is 0.0964 e. The highest BCUT2D eigenvalue weighted by atomic mass is 15.6. The van der Waals surface area contributed by atoms with Gasteiger partial charge in [0.25, 0.3) is 0 Å². The predicted octanol–water partition coefficient (Wildman–Crippen LogP) is -0.147. The molecule has 0 aromatic carbocycles. The molecule has 0 spiro atoms. The van der Waals surface area contributed by atoms with Crippen molar-refractivity contribution in [2.24, 2.45) is 4.99 Å². The fraction of sp³-hybridized carbons (Fsp3) is 0.800. The molecule has 1 heterocycles. The van der Waals surface area contributed by atoms with Crippen molar-refractivity contribution >= 4 is 6.34 Å². The Labute approximate surface area is 49.4 Å². The van der Waals surface area contributed by atoms with E-state index in [1.165, 1.54) is 0 Å². The molecule has 3 nitrogen and oxygen atoms in total. The molecule has 1 aliphatic rings. The van der Waals surface area contributed by atoms with Gasteiger partial charge in [0.15, 0.2) is 0 Å². The van der Waals surface area contributed by atoms with Crippen LogP contribution in [0.1, 0.15) is 6.92 Å². The minimum Gasteiger partial charge on any atom is -0.309 e. The van der Waals surface area contributed by atoms with Crippen LogP contribution >= 0.6 is 0 Å². The zero-order valence-corrected chi connectivity index (χ0v) is 5.26. The molecule has 0 bridgehead atoms. The molecule has 1 saturated heterocycles. The lowest BCUT2D eigenvalue weighted by Crippen LogP contribution is -2.19. The van der Waals surface area contributed by atoms with E-state index in [4.69, 9.17) is 0 Å². The van der Waals surface area contributed by atoms with Gasteiger partial charge in [-0.2, -0.15) is 0 Å². The van der Waals surface area contributed by atoms with Crippen molar-refractivity contribution in [3.8, 4) is 0 Å². The monoisotopic (exact) mass is 113 g/mol. The maximum absolute atomic E-state index is 3.77. The summed E-state index contributed by atoms with van der Waals surface area (Å²) in [4.78, 5) is 3.77. The average Bonchev–Trinajstić information content (AvgIpc) is 2.42. The normalized spacial score (nSPS) is 35.8. The lowest BCUT2D eigenvalue weighted by atomic mass is 10.6. The minimum atomic E-state index is 0.702. The van der Waals surface area contributed by atoms with E-state index < -0.39 is 0 Å². The molecule has 1 fully saturated rings. The Morgan fingerprint density at radius 2 is 2.50 bits per heavy atom. The molecular weight excluding hydrogens is 102 g/mol. The first-order chi connectivity index (χ1) is 3.84. The van der Waals surface area contributed by atoms with E-state index in [0.717, 1.165) is 6.54 Å². The third kappa shape index (κ3) is 1.20. The molecule has 1 rings (SSSR count). The van der Waals surface area contributed by atoms with Crippen molar-refractivity contribution in [2.75, 3.05) is 13.6 Å². The lowest BCUT2D eigenvalue weighted by Gasteiger charge is -1.95. The van der Waals surface area contributed by atoms with Crippen LogP contribution in [0.25, 0.3) is 0 Å². The van der Waals surface area contributed by atoms with E-state index in [2.05, 4.69) is 22.4 Å². The Morgan fingerprint density at radius 3 is 2.88 bits per heavy atom. The maximum Gasteiger partial charge on any atom is 0.0964 e. The molecule has 0 saturated carbocycles. The third-order valence-corrected chi connectivity index (χ3v) is 1.21. The zero-order chi connectivity index (χ0) is 5.98. The molecule has 1 aliphatic heterocycles. The first kappa shape index (κ1) is 5.56. The summed E-state index contributed by atoms with van der Waals surface area (Å²) in [6.45, 7) is 3.31. The van der Waals surface area contributed by atoms with Crippen molar-refractivity contribution in [3.05, 3.63) is 0 Å². The second-order valence-electron chi connectivity index (χ2n) is 2.02. The second-order valence-corrected chi connectivity index (χ2v) is 2.02. The first-order valence-corrected chi connectivity index (χ1v) is 2.78. The van der Waals surface area contributed by atoms with Crippen LogP contribution in [-0.4, -0.2) is 31.0 Å². The quantitative estimate of drug-likeness (QED) is 0.306. The summed E-state index contributed by atoms with van der Waals surface area (Å²) in [5, 5.41) is 2.10. The van der Waals surface area contributed by atoms with Gasteiger partial charge in [-0.05, 0) is 6.92 Å². The second kappa shape index (κ2) is 2.13. The van der Waals surface area contributed by atoms with Gasteiger partial charge < -0.3 is 5.43 Å². The summed E-state index contributed by atoms with van der Waals surface area (Å²) in [5.74, 6) is 0. The Morgan fingerprint density at radius 1 is 1.88 bits per heavy atom. The Hall–Kier alpha value is -0.570. The first-order valence-electron chi connectivity index (χ1n) is 2.78. The van der Waals surface area contributed by atoms with E-state index in [1.807, 2.05) is 0 Å². The highest BCUT2D eigenvalue weighted by Gasteiger charge is 2.27. The predicted molar refractivity (Wildman–Crippen MR) is 33.7 cm³/mol. The van der Waals surface area contributed by atoms with Crippen LogP contribution in [0.5, 0.6) is 0 Å².